The molecule has 0 unspecified atom stereocenters. The van der Waals surface area contributed by atoms with Crippen molar-refractivity contribution in [2.75, 3.05) is 25.1 Å². The number of nitrogens with zero attached hydrogens (tertiary/aromatic N) is 1. The molecule has 1 aromatic carbocycles. The Labute approximate surface area is 172 Å². The molecule has 0 radical (unpaired) electrons. The first-order chi connectivity index (χ1) is 13.9. The van der Waals surface area contributed by atoms with Gasteiger partial charge in [0.1, 0.15) is 15.6 Å². The van der Waals surface area contributed by atoms with Crippen LogP contribution in [0, 0.1) is 18.3 Å². The van der Waals surface area contributed by atoms with Crippen LogP contribution in [0.3, 0.4) is 0 Å². The van der Waals surface area contributed by atoms with Crippen LogP contribution in [0.2, 0.25) is 0 Å². The molecule has 0 spiro atoms. The van der Waals surface area contributed by atoms with Crippen molar-refractivity contribution in [1.29, 1.82) is 5.26 Å². The molecule has 0 aliphatic carbocycles. The average molecular weight is 416 g/mol. The van der Waals surface area contributed by atoms with Gasteiger partial charge in [0.25, 0.3) is 5.91 Å². The largest absolute Gasteiger partial charge is 0.484 e. The summed E-state index contributed by atoms with van der Waals surface area (Å²) in [5.74, 6) is -1.39. The maximum atomic E-state index is 12.3. The highest BCUT2D eigenvalue weighted by molar-refractivity contribution is 7.18. The van der Waals surface area contributed by atoms with Crippen molar-refractivity contribution < 1.29 is 28.6 Å². The number of carbonyl (C=O) groups excluding carboxylic acids is 3. The summed E-state index contributed by atoms with van der Waals surface area (Å²) in [4.78, 5) is 37.0. The fourth-order valence-corrected chi connectivity index (χ4v) is 3.51. The van der Waals surface area contributed by atoms with Crippen LogP contribution in [-0.2, 0) is 14.3 Å². The second-order valence-corrected chi connectivity index (χ2v) is 6.70. The lowest BCUT2D eigenvalue weighted by Crippen LogP contribution is -2.21. The van der Waals surface area contributed by atoms with Crippen LogP contribution < -0.4 is 10.1 Å². The minimum absolute atomic E-state index is 0.111. The maximum Gasteiger partial charge on any atom is 0.348 e. The van der Waals surface area contributed by atoms with E-state index in [1.807, 2.05) is 6.07 Å². The number of amides is 1. The van der Waals surface area contributed by atoms with Crippen LogP contribution in [0.5, 0.6) is 5.75 Å². The number of rotatable bonds is 8. The van der Waals surface area contributed by atoms with Gasteiger partial charge in [-0.05, 0) is 44.5 Å². The molecule has 152 valence electrons. The van der Waals surface area contributed by atoms with Gasteiger partial charge in [-0.25, -0.2) is 9.59 Å². The molecule has 0 atom stereocenters. The molecule has 29 heavy (non-hydrogen) atoms. The third-order valence-corrected chi connectivity index (χ3v) is 4.86. The zero-order valence-electron chi connectivity index (χ0n) is 16.2. The van der Waals surface area contributed by atoms with Crippen LogP contribution in [0.4, 0.5) is 5.00 Å². The summed E-state index contributed by atoms with van der Waals surface area (Å²) in [7, 11) is 0. The van der Waals surface area contributed by atoms with E-state index in [-0.39, 0.29) is 35.3 Å². The van der Waals surface area contributed by atoms with E-state index in [0.717, 1.165) is 11.3 Å². The van der Waals surface area contributed by atoms with Crippen LogP contribution in [0.15, 0.2) is 24.3 Å². The number of esters is 2. The van der Waals surface area contributed by atoms with Crippen LogP contribution in [0.25, 0.3) is 0 Å². The Morgan fingerprint density at radius 3 is 2.48 bits per heavy atom. The average Bonchev–Trinajstić information content (AvgIpc) is 3.03. The summed E-state index contributed by atoms with van der Waals surface area (Å²) in [6.07, 6.45) is 0. The van der Waals surface area contributed by atoms with Gasteiger partial charge >= 0.3 is 11.9 Å². The van der Waals surface area contributed by atoms with Crippen molar-refractivity contribution in [3.8, 4) is 11.8 Å². The normalized spacial score (nSPS) is 10.0. The third-order valence-electron chi connectivity index (χ3n) is 3.67. The Balaban J connectivity index is 2.19. The molecule has 8 nitrogen and oxygen atoms in total. The van der Waals surface area contributed by atoms with Gasteiger partial charge in [0.05, 0.1) is 30.4 Å². The number of hydrogen-bond donors (Lipinski definition) is 1. The van der Waals surface area contributed by atoms with E-state index in [1.54, 1.807) is 39.0 Å². The predicted molar refractivity (Wildman–Crippen MR) is 106 cm³/mol. The molecule has 2 rings (SSSR count). The fraction of sp³-hybridized carbons (Fsp3) is 0.300. The Hall–Kier alpha value is -3.38. The van der Waals surface area contributed by atoms with Gasteiger partial charge in [0.2, 0.25) is 0 Å². The molecule has 1 aromatic heterocycles. The zero-order chi connectivity index (χ0) is 21.4. The standard InChI is InChI=1S/C20H20N2O6S/c1-4-26-19(24)16-12(3)17(20(25)27-5-2)29-18(16)22-15(23)11-28-14-8-6-7-13(9-14)10-21/h6-9H,4-5,11H2,1-3H3,(H,22,23). The molecule has 0 saturated carbocycles. The van der Waals surface area contributed by atoms with Gasteiger partial charge in [0.15, 0.2) is 6.61 Å². The van der Waals surface area contributed by atoms with Gasteiger partial charge in [-0.3, -0.25) is 4.79 Å². The first-order valence-corrected chi connectivity index (χ1v) is 9.63. The van der Waals surface area contributed by atoms with Crippen molar-refractivity contribution in [2.24, 2.45) is 0 Å². The lowest BCUT2D eigenvalue weighted by molar-refractivity contribution is -0.118. The Kier molecular flexibility index (Phi) is 7.74. The van der Waals surface area contributed by atoms with Crippen molar-refractivity contribution in [3.63, 3.8) is 0 Å². The lowest BCUT2D eigenvalue weighted by Gasteiger charge is -2.08. The lowest BCUT2D eigenvalue weighted by atomic mass is 10.1. The smallest absolute Gasteiger partial charge is 0.348 e. The molecule has 0 saturated heterocycles. The first kappa shape index (κ1) is 21.9. The number of nitrogens with one attached hydrogen (secondary N) is 1. The summed E-state index contributed by atoms with van der Waals surface area (Å²) in [5, 5.41) is 11.7. The van der Waals surface area contributed by atoms with E-state index in [1.165, 1.54) is 6.07 Å². The number of benzene rings is 1. The van der Waals surface area contributed by atoms with Gasteiger partial charge in [-0.15, -0.1) is 11.3 Å². The number of anilines is 1. The van der Waals surface area contributed by atoms with Crippen LogP contribution in [0.1, 0.15) is 45.0 Å². The topological polar surface area (TPSA) is 115 Å². The van der Waals surface area contributed by atoms with E-state index >= 15 is 0 Å². The van der Waals surface area contributed by atoms with Gasteiger partial charge in [-0.1, -0.05) is 6.07 Å². The second-order valence-electron chi connectivity index (χ2n) is 5.68. The van der Waals surface area contributed by atoms with E-state index in [4.69, 9.17) is 19.5 Å². The molecule has 9 heteroatoms. The highest BCUT2D eigenvalue weighted by Gasteiger charge is 2.27. The Morgan fingerprint density at radius 2 is 1.83 bits per heavy atom. The molecule has 2 aromatic rings. The fourth-order valence-electron chi connectivity index (χ4n) is 2.41. The molecule has 0 aliphatic rings. The first-order valence-electron chi connectivity index (χ1n) is 8.81. The van der Waals surface area contributed by atoms with Crippen LogP contribution >= 0.6 is 11.3 Å². The minimum atomic E-state index is -0.644. The summed E-state index contributed by atoms with van der Waals surface area (Å²) in [6, 6.07) is 8.36. The molecular formula is C20H20N2O6S. The van der Waals surface area contributed by atoms with Crippen molar-refractivity contribution >= 4 is 34.2 Å². The highest BCUT2D eigenvalue weighted by atomic mass is 32.1. The molecule has 0 aliphatic heterocycles. The third kappa shape index (κ3) is 5.56. The van der Waals surface area contributed by atoms with E-state index in [9.17, 15) is 14.4 Å². The SMILES string of the molecule is CCOC(=O)c1sc(NC(=O)COc2cccc(C#N)c2)c(C(=O)OCC)c1C. The Bertz CT molecular complexity index is 960. The summed E-state index contributed by atoms with van der Waals surface area (Å²) >= 11 is 0.939. The molecule has 1 N–H and O–H groups in total. The number of carbonyl (C=O) groups is 3. The van der Waals surface area contributed by atoms with Gasteiger partial charge < -0.3 is 19.5 Å². The number of hydrogen-bond acceptors (Lipinski definition) is 8. The van der Waals surface area contributed by atoms with Crippen LogP contribution in [-0.4, -0.2) is 37.7 Å². The quantitative estimate of drug-likeness (QED) is 0.657. The summed E-state index contributed by atoms with van der Waals surface area (Å²) in [6.45, 7) is 4.91. The predicted octanol–water partition coefficient (Wildman–Crippen LogP) is 3.30. The maximum absolute atomic E-state index is 12.3. The molecule has 0 fully saturated rings. The summed E-state index contributed by atoms with van der Waals surface area (Å²) < 4.78 is 15.4. The number of thiophene rings is 1. The molecule has 0 bridgehead atoms. The van der Waals surface area contributed by atoms with E-state index in [0.29, 0.717) is 16.9 Å². The minimum Gasteiger partial charge on any atom is -0.484 e. The number of ether oxygens (including phenoxy) is 3. The van der Waals surface area contributed by atoms with E-state index < -0.39 is 17.8 Å². The van der Waals surface area contributed by atoms with Crippen molar-refractivity contribution in [1.82, 2.24) is 0 Å². The molecule has 1 heterocycles. The monoisotopic (exact) mass is 416 g/mol. The Morgan fingerprint density at radius 1 is 1.14 bits per heavy atom. The van der Waals surface area contributed by atoms with Crippen molar-refractivity contribution in [3.05, 3.63) is 45.8 Å². The zero-order valence-corrected chi connectivity index (χ0v) is 17.1. The highest BCUT2D eigenvalue weighted by Crippen LogP contribution is 2.34. The molecular weight excluding hydrogens is 396 g/mol. The van der Waals surface area contributed by atoms with E-state index in [2.05, 4.69) is 5.32 Å². The molecule has 1 amide bonds. The summed E-state index contributed by atoms with van der Waals surface area (Å²) in [5.41, 5.74) is 0.894. The second kappa shape index (κ2) is 10.2. The van der Waals surface area contributed by atoms with Gasteiger partial charge in [0, 0.05) is 0 Å². The number of nitriles is 1. The van der Waals surface area contributed by atoms with Gasteiger partial charge in [-0.2, -0.15) is 5.26 Å². The van der Waals surface area contributed by atoms with Crippen molar-refractivity contribution in [2.45, 2.75) is 20.8 Å².